The van der Waals surface area contributed by atoms with Gasteiger partial charge in [0.15, 0.2) is 0 Å². The molecule has 0 bridgehead atoms. The average Bonchev–Trinajstić information content (AvgIpc) is 3.00. The molecule has 3 nitrogen and oxygen atoms in total. The molecule has 0 amide bonds. The summed E-state index contributed by atoms with van der Waals surface area (Å²) < 4.78 is 39.8. The molecule has 130 valence electrons. The quantitative estimate of drug-likeness (QED) is 0.743. The summed E-state index contributed by atoms with van der Waals surface area (Å²) in [7, 11) is 1.95. The highest BCUT2D eigenvalue weighted by atomic mass is 19.4. The van der Waals surface area contributed by atoms with Crippen LogP contribution >= 0.6 is 0 Å². The highest BCUT2D eigenvalue weighted by Crippen LogP contribution is 2.31. The van der Waals surface area contributed by atoms with Crippen molar-refractivity contribution < 1.29 is 13.2 Å². The maximum absolute atomic E-state index is 12.6. The van der Waals surface area contributed by atoms with Gasteiger partial charge < -0.3 is 9.88 Å². The maximum Gasteiger partial charge on any atom is 0.416 e. The van der Waals surface area contributed by atoms with E-state index in [4.69, 9.17) is 0 Å². The van der Waals surface area contributed by atoms with Gasteiger partial charge in [-0.3, -0.25) is 0 Å². The second-order valence-corrected chi connectivity index (χ2v) is 5.83. The lowest BCUT2D eigenvalue weighted by Crippen LogP contribution is -2.15. The largest absolute Gasteiger partial charge is 0.416 e. The topological polar surface area (TPSA) is 29.9 Å². The zero-order valence-electron chi connectivity index (χ0n) is 13.7. The summed E-state index contributed by atoms with van der Waals surface area (Å²) in [6.45, 7) is 1.37. The predicted octanol–water partition coefficient (Wildman–Crippen LogP) is 4.40. The second kappa shape index (κ2) is 7.11. The third kappa shape index (κ3) is 4.28. The number of hydrogen-bond donors (Lipinski definition) is 1. The summed E-state index contributed by atoms with van der Waals surface area (Å²) in [5.74, 6) is 0.960. The van der Waals surface area contributed by atoms with Crippen LogP contribution in [-0.2, 0) is 26.3 Å². The van der Waals surface area contributed by atoms with Gasteiger partial charge in [0.1, 0.15) is 5.82 Å². The Labute approximate surface area is 144 Å². The fraction of sp³-hybridized carbons (Fsp3) is 0.211. The molecule has 25 heavy (non-hydrogen) atoms. The first kappa shape index (κ1) is 17.2. The van der Waals surface area contributed by atoms with E-state index in [9.17, 15) is 13.2 Å². The van der Waals surface area contributed by atoms with Crippen molar-refractivity contribution in [3.63, 3.8) is 0 Å². The van der Waals surface area contributed by atoms with E-state index in [1.807, 2.05) is 42.1 Å². The Morgan fingerprint density at radius 2 is 1.52 bits per heavy atom. The molecule has 0 atom stereocenters. The summed E-state index contributed by atoms with van der Waals surface area (Å²) in [6.07, 6.45) is -0.646. The predicted molar refractivity (Wildman–Crippen MR) is 90.6 cm³/mol. The van der Waals surface area contributed by atoms with Gasteiger partial charge in [-0.2, -0.15) is 13.2 Å². The van der Waals surface area contributed by atoms with E-state index in [0.29, 0.717) is 13.1 Å². The van der Waals surface area contributed by atoms with Crippen LogP contribution in [0.4, 0.5) is 13.2 Å². The Hall–Kier alpha value is -2.60. The molecule has 0 aliphatic rings. The fourth-order valence-electron chi connectivity index (χ4n) is 2.55. The molecule has 3 rings (SSSR count). The number of halogens is 3. The lowest BCUT2D eigenvalue weighted by Gasteiger charge is -2.09. The highest BCUT2D eigenvalue weighted by molar-refractivity contribution is 5.64. The molecule has 0 aliphatic heterocycles. The molecule has 3 aromatic rings. The van der Waals surface area contributed by atoms with Crippen LogP contribution in [0.15, 0.2) is 60.9 Å². The first-order chi connectivity index (χ1) is 11.9. The number of nitrogens with zero attached hydrogens (tertiary/aromatic N) is 2. The second-order valence-electron chi connectivity index (χ2n) is 5.83. The molecule has 1 heterocycles. The van der Waals surface area contributed by atoms with Gasteiger partial charge >= 0.3 is 6.18 Å². The van der Waals surface area contributed by atoms with Crippen LogP contribution < -0.4 is 5.32 Å². The third-order valence-corrected chi connectivity index (χ3v) is 4.03. The molecule has 0 aliphatic carbocycles. The summed E-state index contributed by atoms with van der Waals surface area (Å²) >= 11 is 0. The van der Waals surface area contributed by atoms with Crippen molar-refractivity contribution in [3.8, 4) is 11.1 Å². The number of benzene rings is 2. The molecule has 1 aromatic heterocycles. The molecule has 0 spiro atoms. The number of imidazole rings is 1. The maximum atomic E-state index is 12.6. The van der Waals surface area contributed by atoms with E-state index in [-0.39, 0.29) is 0 Å². The zero-order valence-corrected chi connectivity index (χ0v) is 13.7. The Balaban J connectivity index is 1.61. The summed E-state index contributed by atoms with van der Waals surface area (Å²) in [5.41, 5.74) is 2.12. The Morgan fingerprint density at radius 3 is 2.04 bits per heavy atom. The normalized spacial score (nSPS) is 11.7. The summed E-state index contributed by atoms with van der Waals surface area (Å²) in [5, 5.41) is 3.32. The number of alkyl halides is 3. The van der Waals surface area contributed by atoms with Crippen molar-refractivity contribution in [3.05, 3.63) is 77.9 Å². The van der Waals surface area contributed by atoms with E-state index in [0.717, 1.165) is 34.6 Å². The van der Waals surface area contributed by atoms with E-state index in [1.54, 1.807) is 6.20 Å². The lowest BCUT2D eigenvalue weighted by molar-refractivity contribution is -0.137. The van der Waals surface area contributed by atoms with Crippen molar-refractivity contribution in [2.45, 2.75) is 19.3 Å². The monoisotopic (exact) mass is 345 g/mol. The molecule has 0 fully saturated rings. The van der Waals surface area contributed by atoms with Crippen molar-refractivity contribution in [2.75, 3.05) is 0 Å². The van der Waals surface area contributed by atoms with Crippen molar-refractivity contribution >= 4 is 0 Å². The van der Waals surface area contributed by atoms with Crippen LogP contribution in [0.3, 0.4) is 0 Å². The lowest BCUT2D eigenvalue weighted by atomic mass is 10.0. The van der Waals surface area contributed by atoms with Gasteiger partial charge in [0.05, 0.1) is 12.1 Å². The van der Waals surface area contributed by atoms with Gasteiger partial charge in [-0.15, -0.1) is 0 Å². The molecule has 1 N–H and O–H groups in total. The Kier molecular flexibility index (Phi) is 4.90. The smallest absolute Gasteiger partial charge is 0.337 e. The molecule has 2 aromatic carbocycles. The molecule has 6 heteroatoms. The van der Waals surface area contributed by atoms with Gasteiger partial charge in [-0.05, 0) is 28.8 Å². The zero-order chi connectivity index (χ0) is 17.9. The summed E-state index contributed by atoms with van der Waals surface area (Å²) in [6, 6.07) is 13.0. The SMILES string of the molecule is Cn1ccnc1CNCc1ccc(-c2ccc(C(F)(F)F)cc2)cc1. The molecule has 0 saturated heterocycles. The molecule has 0 radical (unpaired) electrons. The van der Waals surface area contributed by atoms with Crippen molar-refractivity contribution in [1.82, 2.24) is 14.9 Å². The van der Waals surface area contributed by atoms with E-state index >= 15 is 0 Å². The van der Waals surface area contributed by atoms with Crippen LogP contribution in [0.2, 0.25) is 0 Å². The molecule has 0 saturated carbocycles. The van der Waals surface area contributed by atoms with Gasteiger partial charge in [-0.1, -0.05) is 36.4 Å². The van der Waals surface area contributed by atoms with Gasteiger partial charge in [0.25, 0.3) is 0 Å². The van der Waals surface area contributed by atoms with Crippen LogP contribution in [0.1, 0.15) is 17.0 Å². The minimum Gasteiger partial charge on any atom is -0.337 e. The van der Waals surface area contributed by atoms with Crippen LogP contribution in [0.5, 0.6) is 0 Å². The minimum atomic E-state index is -4.30. The fourth-order valence-corrected chi connectivity index (χ4v) is 2.55. The Morgan fingerprint density at radius 1 is 0.920 bits per heavy atom. The number of aryl methyl sites for hydroxylation is 1. The third-order valence-electron chi connectivity index (χ3n) is 4.03. The number of hydrogen-bond acceptors (Lipinski definition) is 2. The molecular formula is C19H18F3N3. The molecular weight excluding hydrogens is 327 g/mol. The van der Waals surface area contributed by atoms with Crippen molar-refractivity contribution in [1.29, 1.82) is 0 Å². The Bertz CT molecular complexity index is 818. The van der Waals surface area contributed by atoms with Gasteiger partial charge in [0.2, 0.25) is 0 Å². The average molecular weight is 345 g/mol. The van der Waals surface area contributed by atoms with Crippen LogP contribution in [-0.4, -0.2) is 9.55 Å². The van der Waals surface area contributed by atoms with Crippen molar-refractivity contribution in [2.24, 2.45) is 7.05 Å². The number of aromatic nitrogens is 2. The van der Waals surface area contributed by atoms with Gasteiger partial charge in [0, 0.05) is 26.0 Å². The number of rotatable bonds is 5. The number of nitrogens with one attached hydrogen (secondary N) is 1. The van der Waals surface area contributed by atoms with Gasteiger partial charge in [-0.25, -0.2) is 4.98 Å². The first-order valence-corrected chi connectivity index (χ1v) is 7.87. The minimum absolute atomic E-state index is 0.633. The highest BCUT2D eigenvalue weighted by Gasteiger charge is 2.29. The van der Waals surface area contributed by atoms with E-state index in [2.05, 4.69) is 10.3 Å². The van der Waals surface area contributed by atoms with E-state index in [1.165, 1.54) is 12.1 Å². The van der Waals surface area contributed by atoms with E-state index < -0.39 is 11.7 Å². The summed E-state index contributed by atoms with van der Waals surface area (Å²) in [4.78, 5) is 4.25. The van der Waals surface area contributed by atoms with Crippen LogP contribution in [0, 0.1) is 0 Å². The van der Waals surface area contributed by atoms with Crippen LogP contribution in [0.25, 0.3) is 11.1 Å². The first-order valence-electron chi connectivity index (χ1n) is 7.87. The molecule has 0 unspecified atom stereocenters. The standard InChI is InChI=1S/C19H18F3N3/c1-25-11-10-24-18(25)13-23-12-14-2-4-15(5-3-14)16-6-8-17(9-7-16)19(20,21)22/h2-11,23H,12-13H2,1H3.